The number of hydrogen-bond donors (Lipinski definition) is 1. The Hall–Kier alpha value is -3.52. The van der Waals surface area contributed by atoms with E-state index in [1.807, 2.05) is 13.0 Å². The number of rotatable bonds is 8. The molecule has 3 aromatic carbocycles. The molecule has 1 N–H and O–H groups in total. The van der Waals surface area contributed by atoms with E-state index in [0.717, 1.165) is 9.87 Å². The molecule has 3 aromatic rings. The normalized spacial score (nSPS) is 11.0. The Labute approximate surface area is 188 Å². The van der Waals surface area contributed by atoms with Crippen LogP contribution in [0.1, 0.15) is 11.1 Å². The van der Waals surface area contributed by atoms with E-state index in [9.17, 15) is 13.2 Å². The predicted octanol–water partition coefficient (Wildman–Crippen LogP) is 4.15. The van der Waals surface area contributed by atoms with Gasteiger partial charge in [-0.3, -0.25) is 9.10 Å². The van der Waals surface area contributed by atoms with Gasteiger partial charge in [0.1, 0.15) is 18.0 Å². The Morgan fingerprint density at radius 3 is 2.00 bits per heavy atom. The van der Waals surface area contributed by atoms with Crippen molar-refractivity contribution in [3.05, 3.63) is 77.9 Å². The van der Waals surface area contributed by atoms with Gasteiger partial charge in [-0.1, -0.05) is 12.1 Å². The van der Waals surface area contributed by atoms with Crippen molar-refractivity contribution in [2.45, 2.75) is 18.7 Å². The van der Waals surface area contributed by atoms with Crippen LogP contribution in [0.4, 0.5) is 11.4 Å². The smallest absolute Gasteiger partial charge is 0.265 e. The fourth-order valence-electron chi connectivity index (χ4n) is 3.17. The van der Waals surface area contributed by atoms with Crippen LogP contribution in [0.25, 0.3) is 0 Å². The van der Waals surface area contributed by atoms with Crippen LogP contribution < -0.4 is 19.1 Å². The monoisotopic (exact) mass is 454 g/mol. The summed E-state index contributed by atoms with van der Waals surface area (Å²) in [5, 5.41) is 2.74. The first kappa shape index (κ1) is 23.1. The van der Waals surface area contributed by atoms with E-state index in [2.05, 4.69) is 5.32 Å². The molecule has 0 fully saturated rings. The topological polar surface area (TPSA) is 84.9 Å². The van der Waals surface area contributed by atoms with Gasteiger partial charge in [-0.05, 0) is 79.6 Å². The van der Waals surface area contributed by atoms with Crippen LogP contribution in [0.2, 0.25) is 0 Å². The van der Waals surface area contributed by atoms with E-state index in [1.165, 1.54) is 7.11 Å². The van der Waals surface area contributed by atoms with Crippen molar-refractivity contribution in [2.24, 2.45) is 0 Å². The fourth-order valence-corrected chi connectivity index (χ4v) is 4.91. The second kappa shape index (κ2) is 9.74. The predicted molar refractivity (Wildman–Crippen MR) is 125 cm³/mol. The van der Waals surface area contributed by atoms with Crippen molar-refractivity contribution in [1.82, 2.24) is 0 Å². The van der Waals surface area contributed by atoms with Crippen molar-refractivity contribution in [3.63, 3.8) is 0 Å². The molecule has 168 valence electrons. The minimum atomic E-state index is -4.01. The van der Waals surface area contributed by atoms with Gasteiger partial charge in [0, 0.05) is 5.69 Å². The van der Waals surface area contributed by atoms with Gasteiger partial charge in [-0.15, -0.1) is 0 Å². The number of methoxy groups -OCH3 is 2. The number of sulfonamides is 1. The first-order chi connectivity index (χ1) is 15.2. The zero-order valence-electron chi connectivity index (χ0n) is 18.5. The highest BCUT2D eigenvalue weighted by Crippen LogP contribution is 2.28. The summed E-state index contributed by atoms with van der Waals surface area (Å²) in [5.41, 5.74) is 2.31. The lowest BCUT2D eigenvalue weighted by molar-refractivity contribution is -0.114. The summed E-state index contributed by atoms with van der Waals surface area (Å²) in [6, 6.07) is 18.6. The lowest BCUT2D eigenvalue weighted by atomic mass is 10.2. The summed E-state index contributed by atoms with van der Waals surface area (Å²) < 4.78 is 38.7. The molecule has 0 aromatic heterocycles. The number of nitrogens with zero attached hydrogens (tertiary/aromatic N) is 1. The van der Waals surface area contributed by atoms with Gasteiger partial charge in [0.25, 0.3) is 10.0 Å². The van der Waals surface area contributed by atoms with Crippen LogP contribution in [-0.2, 0) is 14.8 Å². The van der Waals surface area contributed by atoms with E-state index in [-0.39, 0.29) is 4.90 Å². The number of carbonyl (C=O) groups excluding carboxylic acids is 1. The number of benzene rings is 3. The molecule has 3 rings (SSSR count). The number of ether oxygens (including phenoxy) is 2. The number of hydrogen-bond acceptors (Lipinski definition) is 5. The van der Waals surface area contributed by atoms with Crippen molar-refractivity contribution in [1.29, 1.82) is 0 Å². The molecule has 0 aliphatic heterocycles. The van der Waals surface area contributed by atoms with Crippen molar-refractivity contribution in [2.75, 3.05) is 30.4 Å². The largest absolute Gasteiger partial charge is 0.497 e. The maximum Gasteiger partial charge on any atom is 0.265 e. The summed E-state index contributed by atoms with van der Waals surface area (Å²) in [7, 11) is -0.929. The van der Waals surface area contributed by atoms with Crippen molar-refractivity contribution < 1.29 is 22.7 Å². The van der Waals surface area contributed by atoms with Crippen LogP contribution in [0.3, 0.4) is 0 Å². The summed E-state index contributed by atoms with van der Waals surface area (Å²) in [4.78, 5) is 13.0. The Balaban J connectivity index is 1.96. The highest BCUT2D eigenvalue weighted by molar-refractivity contribution is 7.93. The summed E-state index contributed by atoms with van der Waals surface area (Å²) in [6.45, 7) is 3.16. The Kier molecular flexibility index (Phi) is 7.05. The van der Waals surface area contributed by atoms with Crippen LogP contribution >= 0.6 is 0 Å². The molecular weight excluding hydrogens is 428 g/mol. The molecule has 1 amide bonds. The summed E-state index contributed by atoms with van der Waals surface area (Å²) >= 11 is 0. The second-order valence-electron chi connectivity index (χ2n) is 7.26. The fraction of sp³-hybridized carbons (Fsp3) is 0.208. The SMILES string of the molecule is COc1ccc(NC(=O)CN(c2ccc(OC)cc2)S(=O)(=O)c2cc(C)ccc2C)cc1. The van der Waals surface area contributed by atoms with E-state index in [4.69, 9.17) is 9.47 Å². The van der Waals surface area contributed by atoms with E-state index in [0.29, 0.717) is 28.4 Å². The zero-order valence-corrected chi connectivity index (χ0v) is 19.3. The molecule has 0 radical (unpaired) electrons. The molecule has 0 aliphatic carbocycles. The van der Waals surface area contributed by atoms with Gasteiger partial charge in [0.15, 0.2) is 0 Å². The van der Waals surface area contributed by atoms with Crippen molar-refractivity contribution in [3.8, 4) is 11.5 Å². The lowest BCUT2D eigenvalue weighted by Crippen LogP contribution is -2.38. The standard InChI is InChI=1S/C24H26N2O5S/c1-17-5-6-18(2)23(15-17)32(28,29)26(20-9-13-22(31-4)14-10-20)16-24(27)25-19-7-11-21(30-3)12-8-19/h5-15H,16H2,1-4H3,(H,25,27). The molecule has 7 nitrogen and oxygen atoms in total. The molecule has 0 saturated carbocycles. The second-order valence-corrected chi connectivity index (χ2v) is 9.09. The highest BCUT2D eigenvalue weighted by Gasteiger charge is 2.29. The third-order valence-electron chi connectivity index (χ3n) is 4.93. The average molecular weight is 455 g/mol. The van der Waals surface area contributed by atoms with Gasteiger partial charge in [-0.2, -0.15) is 0 Å². The minimum absolute atomic E-state index is 0.158. The minimum Gasteiger partial charge on any atom is -0.497 e. The molecule has 0 aliphatic rings. The van der Waals surface area contributed by atoms with Crippen LogP contribution in [0.5, 0.6) is 11.5 Å². The first-order valence-electron chi connectivity index (χ1n) is 9.92. The van der Waals surface area contributed by atoms with Gasteiger partial charge in [-0.25, -0.2) is 8.42 Å². The molecule has 32 heavy (non-hydrogen) atoms. The van der Waals surface area contributed by atoms with E-state index < -0.39 is 22.5 Å². The van der Waals surface area contributed by atoms with Crippen LogP contribution in [-0.4, -0.2) is 35.1 Å². The molecule has 0 heterocycles. The summed E-state index contributed by atoms with van der Waals surface area (Å²) in [5.74, 6) is 0.765. The van der Waals surface area contributed by atoms with E-state index >= 15 is 0 Å². The molecule has 0 saturated heterocycles. The molecule has 0 bridgehead atoms. The number of aryl methyl sites for hydroxylation is 2. The van der Waals surface area contributed by atoms with E-state index in [1.54, 1.807) is 74.7 Å². The third-order valence-corrected chi connectivity index (χ3v) is 6.85. The maximum absolute atomic E-state index is 13.6. The first-order valence-corrected chi connectivity index (χ1v) is 11.4. The lowest BCUT2D eigenvalue weighted by Gasteiger charge is -2.25. The summed E-state index contributed by atoms with van der Waals surface area (Å²) in [6.07, 6.45) is 0. The molecular formula is C24H26N2O5S. The number of nitrogens with one attached hydrogen (secondary N) is 1. The third kappa shape index (κ3) is 5.20. The molecule has 0 spiro atoms. The molecule has 8 heteroatoms. The maximum atomic E-state index is 13.6. The molecule has 0 atom stereocenters. The van der Waals surface area contributed by atoms with Gasteiger partial charge >= 0.3 is 0 Å². The van der Waals surface area contributed by atoms with Gasteiger partial charge in [0.2, 0.25) is 5.91 Å². The molecule has 0 unspecified atom stereocenters. The Morgan fingerprint density at radius 1 is 0.875 bits per heavy atom. The Bertz CT molecular complexity index is 1190. The van der Waals surface area contributed by atoms with Gasteiger partial charge < -0.3 is 14.8 Å². The number of amides is 1. The van der Waals surface area contributed by atoms with Crippen LogP contribution in [0, 0.1) is 13.8 Å². The number of anilines is 2. The Morgan fingerprint density at radius 2 is 1.44 bits per heavy atom. The zero-order chi connectivity index (χ0) is 23.3. The highest BCUT2D eigenvalue weighted by atomic mass is 32.2. The van der Waals surface area contributed by atoms with Crippen molar-refractivity contribution >= 4 is 27.3 Å². The average Bonchev–Trinajstić information content (AvgIpc) is 2.79. The van der Waals surface area contributed by atoms with Gasteiger partial charge in [0.05, 0.1) is 24.8 Å². The van der Waals surface area contributed by atoms with Crippen LogP contribution in [0.15, 0.2) is 71.6 Å². The quantitative estimate of drug-likeness (QED) is 0.553. The number of carbonyl (C=O) groups is 1.